The first-order valence-electron chi connectivity index (χ1n) is 9.77. The SMILES string of the molecule is Cc1cccc(NS(=O)(=O)c2ccc(NC(=O)CN(c3cc(Cl)cc(Cl)c3)S(C)(=O)=O)cc2)c1. The van der Waals surface area contributed by atoms with Crippen LogP contribution in [0.4, 0.5) is 17.1 Å². The Kier molecular flexibility index (Phi) is 7.77. The van der Waals surface area contributed by atoms with E-state index in [1.54, 1.807) is 18.2 Å². The number of sulfonamides is 2. The van der Waals surface area contributed by atoms with Crippen LogP contribution in [0.15, 0.2) is 71.6 Å². The Balaban J connectivity index is 1.73. The molecule has 180 valence electrons. The van der Waals surface area contributed by atoms with Crippen LogP contribution in [0.25, 0.3) is 0 Å². The van der Waals surface area contributed by atoms with Crippen LogP contribution in [0.1, 0.15) is 5.56 Å². The van der Waals surface area contributed by atoms with E-state index in [1.807, 2.05) is 13.0 Å². The summed E-state index contributed by atoms with van der Waals surface area (Å²) < 4.78 is 53.1. The van der Waals surface area contributed by atoms with Gasteiger partial charge in [0.05, 0.1) is 16.8 Å². The molecular weight excluding hydrogens is 521 g/mol. The first-order chi connectivity index (χ1) is 15.8. The number of nitrogens with zero attached hydrogens (tertiary/aromatic N) is 1. The van der Waals surface area contributed by atoms with Gasteiger partial charge in [0.15, 0.2) is 0 Å². The highest BCUT2D eigenvalue weighted by Crippen LogP contribution is 2.27. The van der Waals surface area contributed by atoms with Crippen molar-refractivity contribution in [3.8, 4) is 0 Å². The zero-order valence-corrected chi connectivity index (χ0v) is 21.3. The maximum atomic E-state index is 12.6. The van der Waals surface area contributed by atoms with E-state index in [-0.39, 0.29) is 26.3 Å². The predicted molar refractivity (Wildman–Crippen MR) is 136 cm³/mol. The molecule has 34 heavy (non-hydrogen) atoms. The van der Waals surface area contributed by atoms with Gasteiger partial charge in [-0.05, 0) is 67.1 Å². The van der Waals surface area contributed by atoms with Gasteiger partial charge in [-0.15, -0.1) is 0 Å². The lowest BCUT2D eigenvalue weighted by Gasteiger charge is -2.22. The number of hydrogen-bond acceptors (Lipinski definition) is 5. The maximum Gasteiger partial charge on any atom is 0.261 e. The van der Waals surface area contributed by atoms with Crippen molar-refractivity contribution in [1.29, 1.82) is 0 Å². The number of hydrogen-bond donors (Lipinski definition) is 2. The van der Waals surface area contributed by atoms with E-state index in [0.29, 0.717) is 5.69 Å². The van der Waals surface area contributed by atoms with E-state index in [4.69, 9.17) is 23.2 Å². The molecule has 0 aliphatic carbocycles. The molecule has 2 N–H and O–H groups in total. The lowest BCUT2D eigenvalue weighted by molar-refractivity contribution is -0.114. The molecule has 8 nitrogen and oxygen atoms in total. The second kappa shape index (κ2) is 10.2. The molecule has 0 atom stereocenters. The van der Waals surface area contributed by atoms with Gasteiger partial charge >= 0.3 is 0 Å². The molecular formula is C22H21Cl2N3O5S2. The zero-order chi connectivity index (χ0) is 25.1. The Bertz CT molecular complexity index is 1410. The second-order valence-electron chi connectivity index (χ2n) is 7.44. The van der Waals surface area contributed by atoms with Crippen molar-refractivity contribution in [3.63, 3.8) is 0 Å². The number of amides is 1. The van der Waals surface area contributed by atoms with Crippen LogP contribution in [0.2, 0.25) is 10.0 Å². The van der Waals surface area contributed by atoms with Crippen LogP contribution < -0.4 is 14.3 Å². The molecule has 0 fully saturated rings. The van der Waals surface area contributed by atoms with E-state index in [1.165, 1.54) is 42.5 Å². The van der Waals surface area contributed by atoms with Gasteiger partial charge in [0, 0.05) is 21.4 Å². The van der Waals surface area contributed by atoms with Crippen molar-refractivity contribution in [3.05, 3.63) is 82.3 Å². The van der Waals surface area contributed by atoms with Crippen LogP contribution in [-0.2, 0) is 24.8 Å². The summed E-state index contributed by atoms with van der Waals surface area (Å²) in [5, 5.41) is 2.98. The Morgan fingerprint density at radius 2 is 1.50 bits per heavy atom. The highest BCUT2D eigenvalue weighted by Gasteiger charge is 2.22. The predicted octanol–water partition coefficient (Wildman–Crippen LogP) is 4.51. The van der Waals surface area contributed by atoms with Gasteiger partial charge in [-0.3, -0.25) is 13.8 Å². The number of rotatable bonds is 8. The summed E-state index contributed by atoms with van der Waals surface area (Å²) in [7, 11) is -7.66. The van der Waals surface area contributed by atoms with E-state index in [0.717, 1.165) is 16.1 Å². The summed E-state index contributed by atoms with van der Waals surface area (Å²) in [5.74, 6) is -0.644. The third-order valence-electron chi connectivity index (χ3n) is 4.54. The minimum atomic E-state index is -3.83. The lowest BCUT2D eigenvalue weighted by Crippen LogP contribution is -2.37. The Labute approximate surface area is 208 Å². The molecule has 0 unspecified atom stereocenters. The van der Waals surface area contributed by atoms with E-state index < -0.39 is 32.5 Å². The number of carbonyl (C=O) groups is 1. The molecule has 0 aliphatic heterocycles. The fourth-order valence-corrected chi connectivity index (χ4v) is 5.46. The number of anilines is 3. The Hall–Kier alpha value is -2.79. The molecule has 0 spiro atoms. The summed E-state index contributed by atoms with van der Waals surface area (Å²) in [6.07, 6.45) is 0.954. The van der Waals surface area contributed by atoms with Gasteiger partial charge in [0.25, 0.3) is 10.0 Å². The summed E-state index contributed by atoms with van der Waals surface area (Å²) >= 11 is 11.9. The number of nitrogens with one attached hydrogen (secondary N) is 2. The van der Waals surface area contributed by atoms with Crippen molar-refractivity contribution < 1.29 is 21.6 Å². The molecule has 3 rings (SSSR count). The average Bonchev–Trinajstić information content (AvgIpc) is 2.70. The molecule has 0 radical (unpaired) electrons. The standard InChI is InChI=1S/C22H21Cl2N3O5S2/c1-15-4-3-5-19(10-15)26-34(31,32)21-8-6-18(7-9-21)25-22(28)14-27(33(2,29)30)20-12-16(23)11-17(24)13-20/h3-13,26H,14H2,1-2H3,(H,25,28). The van der Waals surface area contributed by atoms with Crippen LogP contribution in [0.5, 0.6) is 0 Å². The second-order valence-corrected chi connectivity index (χ2v) is 11.9. The number of benzene rings is 3. The highest BCUT2D eigenvalue weighted by molar-refractivity contribution is 7.92. The molecule has 1 amide bonds. The first-order valence-corrected chi connectivity index (χ1v) is 13.9. The summed E-state index contributed by atoms with van der Waals surface area (Å²) in [5.41, 5.74) is 1.76. The van der Waals surface area contributed by atoms with Crippen molar-refractivity contribution in [1.82, 2.24) is 0 Å². The molecule has 0 heterocycles. The van der Waals surface area contributed by atoms with Gasteiger partial charge < -0.3 is 5.32 Å². The van der Waals surface area contributed by atoms with E-state index in [9.17, 15) is 21.6 Å². The molecule has 3 aromatic carbocycles. The van der Waals surface area contributed by atoms with Crippen molar-refractivity contribution in [2.45, 2.75) is 11.8 Å². The van der Waals surface area contributed by atoms with Crippen molar-refractivity contribution in [2.75, 3.05) is 27.1 Å². The summed E-state index contributed by atoms with van der Waals surface area (Å²) in [6, 6.07) is 16.6. The smallest absolute Gasteiger partial charge is 0.261 e. The van der Waals surface area contributed by atoms with Crippen LogP contribution in [-0.4, -0.2) is 35.5 Å². The quantitative estimate of drug-likeness (QED) is 0.435. The minimum Gasteiger partial charge on any atom is -0.325 e. The first kappa shape index (κ1) is 25.8. The number of aryl methyl sites for hydroxylation is 1. The zero-order valence-electron chi connectivity index (χ0n) is 18.1. The average molecular weight is 542 g/mol. The molecule has 3 aromatic rings. The summed E-state index contributed by atoms with van der Waals surface area (Å²) in [6.45, 7) is 1.31. The van der Waals surface area contributed by atoms with Gasteiger partial charge in [0.2, 0.25) is 15.9 Å². The topological polar surface area (TPSA) is 113 Å². The number of halogens is 2. The molecule has 0 aliphatic rings. The lowest BCUT2D eigenvalue weighted by atomic mass is 10.2. The van der Waals surface area contributed by atoms with E-state index in [2.05, 4.69) is 10.0 Å². The molecule has 0 saturated carbocycles. The van der Waals surface area contributed by atoms with E-state index >= 15 is 0 Å². The summed E-state index contributed by atoms with van der Waals surface area (Å²) in [4.78, 5) is 12.6. The fraction of sp³-hybridized carbons (Fsp3) is 0.136. The Morgan fingerprint density at radius 1 is 0.882 bits per heavy atom. The molecule has 12 heteroatoms. The minimum absolute atomic E-state index is 0.00154. The van der Waals surface area contributed by atoms with Gasteiger partial charge in [-0.25, -0.2) is 16.8 Å². The van der Waals surface area contributed by atoms with Gasteiger partial charge in [-0.2, -0.15) is 0 Å². The third kappa shape index (κ3) is 6.86. The monoisotopic (exact) mass is 541 g/mol. The largest absolute Gasteiger partial charge is 0.325 e. The highest BCUT2D eigenvalue weighted by atomic mass is 35.5. The van der Waals surface area contributed by atoms with Gasteiger partial charge in [-0.1, -0.05) is 35.3 Å². The van der Waals surface area contributed by atoms with Crippen molar-refractivity contribution in [2.24, 2.45) is 0 Å². The molecule has 0 aromatic heterocycles. The normalized spacial score (nSPS) is 11.6. The molecule has 0 saturated heterocycles. The molecule has 0 bridgehead atoms. The van der Waals surface area contributed by atoms with Crippen LogP contribution >= 0.6 is 23.2 Å². The van der Waals surface area contributed by atoms with Crippen molar-refractivity contribution >= 4 is 66.2 Å². The number of carbonyl (C=O) groups excluding carboxylic acids is 1. The fourth-order valence-electron chi connectivity index (χ4n) is 3.05. The van der Waals surface area contributed by atoms with Crippen LogP contribution in [0, 0.1) is 6.92 Å². The van der Waals surface area contributed by atoms with Crippen LogP contribution in [0.3, 0.4) is 0 Å². The Morgan fingerprint density at radius 3 is 2.06 bits per heavy atom. The van der Waals surface area contributed by atoms with Gasteiger partial charge in [0.1, 0.15) is 6.54 Å². The maximum absolute atomic E-state index is 12.6. The third-order valence-corrected chi connectivity index (χ3v) is 7.52.